The summed E-state index contributed by atoms with van der Waals surface area (Å²) in [4.78, 5) is 19.5. The minimum Gasteiger partial charge on any atom is -0.354 e. The van der Waals surface area contributed by atoms with Crippen molar-refractivity contribution in [2.75, 3.05) is 18.8 Å². The van der Waals surface area contributed by atoms with Crippen molar-refractivity contribution in [3.63, 3.8) is 0 Å². The fourth-order valence-corrected chi connectivity index (χ4v) is 2.90. The van der Waals surface area contributed by atoms with Gasteiger partial charge in [0.15, 0.2) is 0 Å². The van der Waals surface area contributed by atoms with Crippen molar-refractivity contribution in [3.8, 4) is 0 Å². The van der Waals surface area contributed by atoms with Crippen molar-refractivity contribution in [2.45, 2.75) is 17.6 Å². The standard InChI is InChI=1S/C11H16N8OS/c1-19-11(16-17-18-19)21-5-4-13-10(20)9-8-7(2-3-12-9)14-6-15-8/h6,9,12H,2-5H2,1H3,(H,13,20)(H,14,15)/t9-/m1/s1. The Hall–Kier alpha value is -1.94. The van der Waals surface area contributed by atoms with Gasteiger partial charge in [-0.1, -0.05) is 11.8 Å². The molecule has 0 unspecified atom stereocenters. The van der Waals surface area contributed by atoms with E-state index < -0.39 is 0 Å². The summed E-state index contributed by atoms with van der Waals surface area (Å²) in [5.74, 6) is 0.653. The van der Waals surface area contributed by atoms with Gasteiger partial charge >= 0.3 is 0 Å². The number of hydrogen-bond donors (Lipinski definition) is 3. The van der Waals surface area contributed by atoms with Gasteiger partial charge in [0.1, 0.15) is 6.04 Å². The van der Waals surface area contributed by atoms with E-state index in [0.29, 0.717) is 12.3 Å². The Morgan fingerprint density at radius 3 is 3.33 bits per heavy atom. The number of aromatic amines is 1. The van der Waals surface area contributed by atoms with E-state index in [1.54, 1.807) is 18.1 Å². The first-order chi connectivity index (χ1) is 10.3. The first-order valence-electron chi connectivity index (χ1n) is 6.64. The number of amides is 1. The van der Waals surface area contributed by atoms with Gasteiger partial charge in [-0.25, -0.2) is 9.67 Å². The molecule has 0 saturated carbocycles. The minimum absolute atomic E-state index is 0.0558. The van der Waals surface area contributed by atoms with E-state index in [4.69, 9.17) is 0 Å². The highest BCUT2D eigenvalue weighted by Gasteiger charge is 2.27. The first-order valence-corrected chi connectivity index (χ1v) is 7.62. The number of aryl methyl sites for hydroxylation is 1. The van der Waals surface area contributed by atoms with Gasteiger partial charge in [0.25, 0.3) is 0 Å². The normalized spacial score (nSPS) is 17.5. The quantitative estimate of drug-likeness (QED) is 0.481. The van der Waals surface area contributed by atoms with Gasteiger partial charge in [-0.15, -0.1) is 5.10 Å². The third kappa shape index (κ3) is 3.05. The van der Waals surface area contributed by atoms with Gasteiger partial charge in [-0.05, 0) is 10.4 Å². The Balaban J connectivity index is 1.48. The molecule has 0 spiro atoms. The first kappa shape index (κ1) is 14.0. The molecule has 112 valence electrons. The second-order valence-corrected chi connectivity index (χ2v) is 5.69. The number of rotatable bonds is 5. The van der Waals surface area contributed by atoms with Crippen LogP contribution >= 0.6 is 11.8 Å². The fourth-order valence-electron chi connectivity index (χ4n) is 2.20. The Morgan fingerprint density at radius 1 is 1.62 bits per heavy atom. The lowest BCUT2D eigenvalue weighted by Crippen LogP contribution is -2.42. The van der Waals surface area contributed by atoms with Crippen LogP contribution in [-0.4, -0.2) is 54.9 Å². The zero-order valence-electron chi connectivity index (χ0n) is 11.5. The molecule has 0 fully saturated rings. The molecule has 9 nitrogen and oxygen atoms in total. The number of aromatic nitrogens is 6. The van der Waals surface area contributed by atoms with Gasteiger partial charge in [-0.2, -0.15) is 0 Å². The molecule has 3 rings (SSSR count). The van der Waals surface area contributed by atoms with E-state index in [-0.39, 0.29) is 11.9 Å². The van der Waals surface area contributed by atoms with Gasteiger partial charge < -0.3 is 15.6 Å². The molecule has 1 amide bonds. The number of hydrogen-bond acceptors (Lipinski definition) is 7. The fraction of sp³-hybridized carbons (Fsp3) is 0.545. The SMILES string of the molecule is Cn1nnnc1SCCNC(=O)[C@@H]1NCCc2[nH]cnc21. The van der Waals surface area contributed by atoms with Crippen molar-refractivity contribution < 1.29 is 4.79 Å². The Bertz CT molecular complexity index is 623. The molecule has 0 aliphatic carbocycles. The van der Waals surface area contributed by atoms with E-state index in [1.165, 1.54) is 11.8 Å². The van der Waals surface area contributed by atoms with Crippen molar-refractivity contribution in [1.29, 1.82) is 0 Å². The van der Waals surface area contributed by atoms with Crippen LogP contribution in [0, 0.1) is 0 Å². The molecule has 10 heteroatoms. The Labute approximate surface area is 125 Å². The number of nitrogens with zero attached hydrogens (tertiary/aromatic N) is 5. The third-order valence-corrected chi connectivity index (χ3v) is 4.24. The molecule has 1 atom stereocenters. The average Bonchev–Trinajstić information content (AvgIpc) is 3.11. The molecule has 0 aromatic carbocycles. The zero-order chi connectivity index (χ0) is 14.7. The second-order valence-electron chi connectivity index (χ2n) is 4.63. The van der Waals surface area contributed by atoms with Crippen LogP contribution in [0.4, 0.5) is 0 Å². The van der Waals surface area contributed by atoms with Crippen LogP contribution < -0.4 is 10.6 Å². The van der Waals surface area contributed by atoms with Crippen molar-refractivity contribution in [1.82, 2.24) is 40.8 Å². The van der Waals surface area contributed by atoms with E-state index >= 15 is 0 Å². The molecule has 2 aromatic rings. The number of tetrazole rings is 1. The number of carbonyl (C=O) groups excluding carboxylic acids is 1. The summed E-state index contributed by atoms with van der Waals surface area (Å²) < 4.78 is 1.60. The van der Waals surface area contributed by atoms with E-state index in [1.807, 2.05) is 0 Å². The number of H-pyrrole nitrogens is 1. The highest BCUT2D eigenvalue weighted by Crippen LogP contribution is 2.19. The predicted octanol–water partition coefficient (Wildman–Crippen LogP) is -0.971. The highest BCUT2D eigenvalue weighted by molar-refractivity contribution is 7.99. The van der Waals surface area contributed by atoms with Gasteiger partial charge in [-0.3, -0.25) is 4.79 Å². The average molecular weight is 308 g/mol. The molecule has 21 heavy (non-hydrogen) atoms. The van der Waals surface area contributed by atoms with Crippen LogP contribution in [0.5, 0.6) is 0 Å². The maximum absolute atomic E-state index is 12.2. The summed E-state index contributed by atoms with van der Waals surface area (Å²) in [7, 11) is 1.78. The molecule has 0 saturated heterocycles. The maximum atomic E-state index is 12.2. The summed E-state index contributed by atoms with van der Waals surface area (Å²) in [6, 6.07) is -0.374. The number of nitrogens with one attached hydrogen (secondary N) is 3. The summed E-state index contributed by atoms with van der Waals surface area (Å²) in [5.41, 5.74) is 1.83. The monoisotopic (exact) mass is 308 g/mol. The van der Waals surface area contributed by atoms with Crippen LogP contribution in [0.1, 0.15) is 17.4 Å². The molecular weight excluding hydrogens is 292 g/mol. The molecule has 1 aliphatic rings. The molecule has 2 aromatic heterocycles. The minimum atomic E-state index is -0.374. The second kappa shape index (κ2) is 6.22. The van der Waals surface area contributed by atoms with Gasteiger partial charge in [0, 0.05) is 38.0 Å². The summed E-state index contributed by atoms with van der Waals surface area (Å²) >= 11 is 1.50. The van der Waals surface area contributed by atoms with Crippen LogP contribution in [0.2, 0.25) is 0 Å². The summed E-state index contributed by atoms with van der Waals surface area (Å²) in [6.45, 7) is 1.32. The number of imidazole rings is 1. The van der Waals surface area contributed by atoms with Crippen molar-refractivity contribution >= 4 is 17.7 Å². The number of fused-ring (bicyclic) bond motifs is 1. The molecule has 1 aliphatic heterocycles. The van der Waals surface area contributed by atoms with Crippen LogP contribution in [0.25, 0.3) is 0 Å². The van der Waals surface area contributed by atoms with Crippen LogP contribution in [0.15, 0.2) is 11.5 Å². The van der Waals surface area contributed by atoms with Crippen molar-refractivity contribution in [2.24, 2.45) is 7.05 Å². The predicted molar refractivity (Wildman–Crippen MR) is 75.6 cm³/mol. The molecule has 0 bridgehead atoms. The molecule has 3 heterocycles. The molecular formula is C11H16N8OS. The van der Waals surface area contributed by atoms with E-state index in [9.17, 15) is 4.79 Å². The molecule has 3 N–H and O–H groups in total. The summed E-state index contributed by atoms with van der Waals surface area (Å²) in [5, 5.41) is 18.0. The van der Waals surface area contributed by atoms with Crippen LogP contribution in [0.3, 0.4) is 0 Å². The van der Waals surface area contributed by atoms with Crippen molar-refractivity contribution in [3.05, 3.63) is 17.7 Å². The smallest absolute Gasteiger partial charge is 0.243 e. The number of carbonyl (C=O) groups is 1. The number of thioether (sulfide) groups is 1. The molecule has 0 radical (unpaired) electrons. The lowest BCUT2D eigenvalue weighted by molar-refractivity contribution is -0.123. The van der Waals surface area contributed by atoms with Crippen LogP contribution in [-0.2, 0) is 18.3 Å². The van der Waals surface area contributed by atoms with Gasteiger partial charge in [0.05, 0.1) is 12.0 Å². The Kier molecular flexibility index (Phi) is 4.15. The topological polar surface area (TPSA) is 113 Å². The lowest BCUT2D eigenvalue weighted by Gasteiger charge is -2.22. The lowest BCUT2D eigenvalue weighted by atomic mass is 10.1. The maximum Gasteiger partial charge on any atom is 0.243 e. The van der Waals surface area contributed by atoms with Gasteiger partial charge in [0.2, 0.25) is 11.1 Å². The highest BCUT2D eigenvalue weighted by atomic mass is 32.2. The Morgan fingerprint density at radius 2 is 2.52 bits per heavy atom. The van der Waals surface area contributed by atoms with E-state index in [0.717, 1.165) is 29.5 Å². The van der Waals surface area contributed by atoms with E-state index in [2.05, 4.69) is 36.1 Å². The largest absolute Gasteiger partial charge is 0.354 e. The summed E-state index contributed by atoms with van der Waals surface area (Å²) in [6.07, 6.45) is 2.50. The zero-order valence-corrected chi connectivity index (χ0v) is 12.4. The third-order valence-electron chi connectivity index (χ3n) is 3.22.